The zero-order chi connectivity index (χ0) is 23.6. The fourth-order valence-corrected chi connectivity index (χ4v) is 5.80. The van der Waals surface area contributed by atoms with Gasteiger partial charge in [0.1, 0.15) is 11.8 Å². The molecule has 1 heterocycles. The average molecular weight is 531 g/mol. The van der Waals surface area contributed by atoms with E-state index in [0.717, 1.165) is 10.0 Å². The van der Waals surface area contributed by atoms with Crippen LogP contribution in [-0.4, -0.2) is 42.9 Å². The first kappa shape index (κ1) is 23.4. The van der Waals surface area contributed by atoms with E-state index in [2.05, 4.69) is 15.9 Å². The number of halogens is 1. The third-order valence-electron chi connectivity index (χ3n) is 5.58. The molecule has 1 aliphatic rings. The highest BCUT2D eigenvalue weighted by atomic mass is 79.9. The van der Waals surface area contributed by atoms with Crippen molar-refractivity contribution in [1.82, 2.24) is 4.31 Å². The van der Waals surface area contributed by atoms with Crippen LogP contribution in [0.2, 0.25) is 0 Å². The van der Waals surface area contributed by atoms with Gasteiger partial charge >= 0.3 is 5.97 Å². The number of hydrogen-bond donors (Lipinski definition) is 2. The summed E-state index contributed by atoms with van der Waals surface area (Å²) in [6.07, 6.45) is 0.0403. The van der Waals surface area contributed by atoms with Crippen LogP contribution in [0.5, 0.6) is 5.75 Å². The molecule has 0 aliphatic carbocycles. The number of benzene rings is 3. The quantitative estimate of drug-likeness (QED) is 0.461. The fraction of sp³-hybridized carbons (Fsp3) is 0.208. The van der Waals surface area contributed by atoms with Crippen LogP contribution in [0.1, 0.15) is 11.1 Å². The molecule has 33 heavy (non-hydrogen) atoms. The SMILES string of the molecule is NC(Cc1cccc(S(=O)(=O)N2CC(Oc3cccc(Br)c3)(c3ccccc3)C2)c1)C(=O)O. The largest absolute Gasteiger partial charge is 0.480 e. The van der Waals surface area contributed by atoms with Crippen LogP contribution in [-0.2, 0) is 26.8 Å². The molecule has 0 radical (unpaired) electrons. The molecular weight excluding hydrogens is 508 g/mol. The van der Waals surface area contributed by atoms with E-state index in [-0.39, 0.29) is 24.4 Å². The Morgan fingerprint density at radius 1 is 1.06 bits per heavy atom. The Balaban J connectivity index is 1.59. The number of carboxylic acid groups (broad SMARTS) is 1. The zero-order valence-corrected chi connectivity index (χ0v) is 20.0. The Bertz CT molecular complexity index is 1260. The van der Waals surface area contributed by atoms with Crippen LogP contribution in [0.3, 0.4) is 0 Å². The molecule has 9 heteroatoms. The Morgan fingerprint density at radius 3 is 2.42 bits per heavy atom. The van der Waals surface area contributed by atoms with E-state index in [1.54, 1.807) is 12.1 Å². The fourth-order valence-electron chi connectivity index (χ4n) is 3.82. The van der Waals surface area contributed by atoms with Crippen molar-refractivity contribution in [2.75, 3.05) is 13.1 Å². The highest BCUT2D eigenvalue weighted by Gasteiger charge is 2.52. The van der Waals surface area contributed by atoms with E-state index in [1.165, 1.54) is 16.4 Å². The van der Waals surface area contributed by atoms with Gasteiger partial charge in [0.15, 0.2) is 5.60 Å². The molecule has 0 bridgehead atoms. The van der Waals surface area contributed by atoms with Gasteiger partial charge in [0.05, 0.1) is 18.0 Å². The van der Waals surface area contributed by atoms with Crippen LogP contribution in [0.15, 0.2) is 88.2 Å². The first-order valence-electron chi connectivity index (χ1n) is 10.3. The first-order chi connectivity index (χ1) is 15.7. The van der Waals surface area contributed by atoms with E-state index in [4.69, 9.17) is 15.6 Å². The van der Waals surface area contributed by atoms with Gasteiger partial charge in [-0.15, -0.1) is 0 Å². The molecule has 1 fully saturated rings. The number of rotatable bonds is 8. The van der Waals surface area contributed by atoms with E-state index in [0.29, 0.717) is 11.3 Å². The zero-order valence-electron chi connectivity index (χ0n) is 17.6. The highest BCUT2D eigenvalue weighted by Crippen LogP contribution is 2.40. The van der Waals surface area contributed by atoms with Crippen molar-refractivity contribution in [1.29, 1.82) is 0 Å². The molecule has 1 saturated heterocycles. The molecule has 3 aromatic rings. The summed E-state index contributed by atoms with van der Waals surface area (Å²) in [6.45, 7) is 0.287. The average Bonchev–Trinajstić information content (AvgIpc) is 2.76. The van der Waals surface area contributed by atoms with Crippen molar-refractivity contribution in [2.45, 2.75) is 23.0 Å². The van der Waals surface area contributed by atoms with Crippen LogP contribution < -0.4 is 10.5 Å². The Morgan fingerprint density at radius 2 is 1.76 bits per heavy atom. The maximum Gasteiger partial charge on any atom is 0.320 e. The molecule has 0 spiro atoms. The summed E-state index contributed by atoms with van der Waals surface area (Å²) in [5.74, 6) is -0.502. The maximum absolute atomic E-state index is 13.3. The second-order valence-corrected chi connectivity index (χ2v) is 10.8. The molecular formula is C24H23BrN2O5S. The second-order valence-electron chi connectivity index (χ2n) is 7.99. The number of carbonyl (C=O) groups is 1. The van der Waals surface area contributed by atoms with Crippen molar-refractivity contribution < 1.29 is 23.1 Å². The third kappa shape index (κ3) is 4.96. The van der Waals surface area contributed by atoms with E-state index >= 15 is 0 Å². The van der Waals surface area contributed by atoms with Crippen LogP contribution in [0, 0.1) is 0 Å². The summed E-state index contributed by atoms with van der Waals surface area (Å²) in [4.78, 5) is 11.2. The number of nitrogens with two attached hydrogens (primary N) is 1. The van der Waals surface area contributed by atoms with Gasteiger partial charge in [0, 0.05) is 4.47 Å². The van der Waals surface area contributed by atoms with E-state index in [1.807, 2.05) is 54.6 Å². The molecule has 4 rings (SSSR count). The van der Waals surface area contributed by atoms with Gasteiger partial charge in [-0.1, -0.05) is 64.5 Å². The first-order valence-corrected chi connectivity index (χ1v) is 12.5. The van der Waals surface area contributed by atoms with Gasteiger partial charge in [0.2, 0.25) is 10.0 Å². The molecule has 1 aliphatic heterocycles. The summed E-state index contributed by atoms with van der Waals surface area (Å²) in [6, 6.07) is 22.1. The molecule has 172 valence electrons. The Hall–Kier alpha value is -2.72. The molecule has 0 saturated carbocycles. The van der Waals surface area contributed by atoms with Crippen molar-refractivity contribution in [2.24, 2.45) is 5.73 Å². The van der Waals surface area contributed by atoms with Crippen LogP contribution in [0.4, 0.5) is 0 Å². The topological polar surface area (TPSA) is 110 Å². The molecule has 3 aromatic carbocycles. The second kappa shape index (κ2) is 9.26. The molecule has 3 N–H and O–H groups in total. The van der Waals surface area contributed by atoms with Crippen molar-refractivity contribution in [3.8, 4) is 5.75 Å². The number of carboxylic acids is 1. The van der Waals surface area contributed by atoms with Gasteiger partial charge < -0.3 is 15.6 Å². The van der Waals surface area contributed by atoms with Crippen molar-refractivity contribution in [3.05, 3.63) is 94.5 Å². The third-order valence-corrected chi connectivity index (χ3v) is 7.86. The van der Waals surface area contributed by atoms with E-state index in [9.17, 15) is 13.2 Å². The monoisotopic (exact) mass is 530 g/mol. The summed E-state index contributed by atoms with van der Waals surface area (Å²) in [7, 11) is -3.80. The maximum atomic E-state index is 13.3. The Labute approximate surface area is 201 Å². The number of nitrogens with zero attached hydrogens (tertiary/aromatic N) is 1. The molecule has 1 unspecified atom stereocenters. The molecule has 0 aromatic heterocycles. The predicted molar refractivity (Wildman–Crippen MR) is 127 cm³/mol. The molecule has 7 nitrogen and oxygen atoms in total. The van der Waals surface area contributed by atoms with Crippen molar-refractivity contribution >= 4 is 31.9 Å². The lowest BCUT2D eigenvalue weighted by molar-refractivity contribution is -0.138. The lowest BCUT2D eigenvalue weighted by Gasteiger charge is -2.48. The van der Waals surface area contributed by atoms with Crippen LogP contribution >= 0.6 is 15.9 Å². The lowest BCUT2D eigenvalue weighted by Crippen LogP contribution is -2.64. The van der Waals surface area contributed by atoms with Gasteiger partial charge in [-0.25, -0.2) is 8.42 Å². The van der Waals surface area contributed by atoms with Crippen LogP contribution in [0.25, 0.3) is 0 Å². The smallest absolute Gasteiger partial charge is 0.320 e. The highest BCUT2D eigenvalue weighted by molar-refractivity contribution is 9.10. The number of hydrogen-bond acceptors (Lipinski definition) is 5. The number of aliphatic carboxylic acids is 1. The minimum Gasteiger partial charge on any atom is -0.480 e. The predicted octanol–water partition coefficient (Wildman–Crippen LogP) is 3.38. The molecule has 1 atom stereocenters. The summed E-state index contributed by atoms with van der Waals surface area (Å²) >= 11 is 3.44. The Kier molecular flexibility index (Phi) is 6.58. The van der Waals surface area contributed by atoms with E-state index < -0.39 is 27.6 Å². The van der Waals surface area contributed by atoms with Gasteiger partial charge in [-0.2, -0.15) is 4.31 Å². The number of sulfonamides is 1. The van der Waals surface area contributed by atoms with Crippen molar-refractivity contribution in [3.63, 3.8) is 0 Å². The normalized spacial score (nSPS) is 16.5. The van der Waals surface area contributed by atoms with Gasteiger partial charge in [-0.3, -0.25) is 4.79 Å². The minimum absolute atomic E-state index is 0.0403. The summed E-state index contributed by atoms with van der Waals surface area (Å²) in [5, 5.41) is 9.04. The van der Waals surface area contributed by atoms with Gasteiger partial charge in [-0.05, 0) is 47.9 Å². The lowest BCUT2D eigenvalue weighted by atomic mass is 9.87. The number of ether oxygens (including phenoxy) is 1. The summed E-state index contributed by atoms with van der Waals surface area (Å²) < 4.78 is 35.2. The standard InChI is InChI=1S/C24H23BrN2O5S/c25-19-9-5-10-20(14-19)32-24(18-7-2-1-3-8-18)15-27(16-24)33(30,31)21-11-4-6-17(12-21)13-22(26)23(28)29/h1-12,14,22H,13,15-16,26H2,(H,28,29). The molecule has 0 amide bonds. The summed E-state index contributed by atoms with van der Waals surface area (Å²) in [5.41, 5.74) is 6.22. The van der Waals surface area contributed by atoms with Gasteiger partial charge in [0.25, 0.3) is 0 Å². The minimum atomic E-state index is -3.80.